The monoisotopic (exact) mass is 273 g/mol. The van der Waals surface area contributed by atoms with Crippen molar-refractivity contribution in [2.45, 2.75) is 13.1 Å². The summed E-state index contributed by atoms with van der Waals surface area (Å²) in [5.41, 5.74) is 6.83. The first kappa shape index (κ1) is 13.1. The number of benzene rings is 1. The van der Waals surface area contributed by atoms with E-state index in [4.69, 9.17) is 10.2 Å². The summed E-state index contributed by atoms with van der Waals surface area (Å²) >= 11 is 0. The van der Waals surface area contributed by atoms with Crippen molar-refractivity contribution in [1.29, 1.82) is 0 Å². The van der Waals surface area contributed by atoms with Crippen LogP contribution in [0.3, 0.4) is 0 Å². The fourth-order valence-electron chi connectivity index (χ4n) is 2.39. The maximum absolute atomic E-state index is 5.49. The van der Waals surface area contributed by atoms with E-state index in [0.717, 1.165) is 32.7 Å². The van der Waals surface area contributed by atoms with Crippen LogP contribution in [0.25, 0.3) is 0 Å². The van der Waals surface area contributed by atoms with Crippen LogP contribution in [0.4, 0.5) is 6.01 Å². The molecule has 0 radical (unpaired) electrons. The van der Waals surface area contributed by atoms with Gasteiger partial charge in [0, 0.05) is 32.7 Å². The quantitative estimate of drug-likeness (QED) is 0.890. The van der Waals surface area contributed by atoms with Crippen molar-refractivity contribution in [2.75, 3.05) is 31.1 Å². The number of hydrogen-bond donors (Lipinski definition) is 1. The van der Waals surface area contributed by atoms with Gasteiger partial charge in [-0.2, -0.15) is 0 Å². The van der Waals surface area contributed by atoms with Gasteiger partial charge in [-0.1, -0.05) is 35.4 Å². The molecular formula is C14H19N5O. The first-order valence-corrected chi connectivity index (χ1v) is 6.89. The van der Waals surface area contributed by atoms with E-state index in [0.29, 0.717) is 18.5 Å². The molecule has 6 nitrogen and oxygen atoms in total. The van der Waals surface area contributed by atoms with Gasteiger partial charge in [0.25, 0.3) is 0 Å². The maximum Gasteiger partial charge on any atom is 0.318 e. The Labute approximate surface area is 118 Å². The summed E-state index contributed by atoms with van der Waals surface area (Å²) < 4.78 is 5.49. The van der Waals surface area contributed by atoms with Crippen molar-refractivity contribution >= 4 is 6.01 Å². The SMILES string of the molecule is NCc1nnc(N2CCN(Cc3ccccc3)CC2)o1. The molecule has 1 fully saturated rings. The van der Waals surface area contributed by atoms with E-state index in [1.54, 1.807) is 0 Å². The summed E-state index contributed by atoms with van der Waals surface area (Å²) in [6.07, 6.45) is 0. The predicted molar refractivity (Wildman–Crippen MR) is 76.1 cm³/mol. The van der Waals surface area contributed by atoms with Crippen molar-refractivity contribution in [3.05, 3.63) is 41.8 Å². The molecule has 1 saturated heterocycles. The molecule has 0 spiro atoms. The topological polar surface area (TPSA) is 71.4 Å². The molecule has 1 aliphatic rings. The number of hydrogen-bond acceptors (Lipinski definition) is 6. The highest BCUT2D eigenvalue weighted by molar-refractivity contribution is 5.25. The van der Waals surface area contributed by atoms with Crippen LogP contribution in [0, 0.1) is 0 Å². The number of anilines is 1. The standard InChI is InChI=1S/C14H19N5O/c15-10-13-16-17-14(20-13)19-8-6-18(7-9-19)11-12-4-2-1-3-5-12/h1-5H,6-11,15H2. The minimum atomic E-state index is 0.293. The molecule has 106 valence electrons. The first-order valence-electron chi connectivity index (χ1n) is 6.89. The molecule has 1 aliphatic heterocycles. The van der Waals surface area contributed by atoms with Crippen molar-refractivity contribution in [3.63, 3.8) is 0 Å². The Morgan fingerprint density at radius 2 is 1.80 bits per heavy atom. The first-order chi connectivity index (χ1) is 9.85. The molecule has 0 saturated carbocycles. The zero-order valence-corrected chi connectivity index (χ0v) is 11.4. The number of nitrogens with zero attached hydrogens (tertiary/aromatic N) is 4. The smallest absolute Gasteiger partial charge is 0.318 e. The van der Waals surface area contributed by atoms with Crippen LogP contribution in [0.1, 0.15) is 11.5 Å². The third-order valence-corrected chi connectivity index (χ3v) is 3.52. The molecule has 20 heavy (non-hydrogen) atoms. The summed E-state index contributed by atoms with van der Waals surface area (Å²) in [5.74, 6) is 0.492. The fourth-order valence-corrected chi connectivity index (χ4v) is 2.39. The minimum absolute atomic E-state index is 0.293. The Morgan fingerprint density at radius 3 is 2.45 bits per heavy atom. The molecule has 1 aromatic heterocycles. The van der Waals surface area contributed by atoms with Gasteiger partial charge in [-0.15, -0.1) is 5.10 Å². The fraction of sp³-hybridized carbons (Fsp3) is 0.429. The van der Waals surface area contributed by atoms with E-state index in [1.165, 1.54) is 5.56 Å². The van der Waals surface area contributed by atoms with Gasteiger partial charge in [-0.25, -0.2) is 0 Å². The highest BCUT2D eigenvalue weighted by atomic mass is 16.4. The number of nitrogens with two attached hydrogens (primary N) is 1. The lowest BCUT2D eigenvalue weighted by Gasteiger charge is -2.33. The second-order valence-electron chi connectivity index (χ2n) is 4.93. The average Bonchev–Trinajstić information content (AvgIpc) is 2.98. The molecule has 6 heteroatoms. The van der Waals surface area contributed by atoms with Crippen LogP contribution in [0.2, 0.25) is 0 Å². The highest BCUT2D eigenvalue weighted by Crippen LogP contribution is 2.15. The molecule has 0 bridgehead atoms. The highest BCUT2D eigenvalue weighted by Gasteiger charge is 2.21. The summed E-state index contributed by atoms with van der Waals surface area (Å²) in [6, 6.07) is 11.1. The van der Waals surface area contributed by atoms with Crippen LogP contribution in [0.15, 0.2) is 34.7 Å². The van der Waals surface area contributed by atoms with Gasteiger partial charge in [-0.05, 0) is 5.56 Å². The Bertz CT molecular complexity index is 534. The van der Waals surface area contributed by atoms with E-state index in [-0.39, 0.29) is 0 Å². The lowest BCUT2D eigenvalue weighted by molar-refractivity contribution is 0.244. The van der Waals surface area contributed by atoms with Crippen molar-refractivity contribution < 1.29 is 4.42 Å². The van der Waals surface area contributed by atoms with Gasteiger partial charge in [-0.3, -0.25) is 4.90 Å². The zero-order chi connectivity index (χ0) is 13.8. The van der Waals surface area contributed by atoms with E-state index in [1.807, 2.05) is 6.07 Å². The van der Waals surface area contributed by atoms with Gasteiger partial charge in [0.05, 0.1) is 6.54 Å². The summed E-state index contributed by atoms with van der Waals surface area (Å²) in [7, 11) is 0. The van der Waals surface area contributed by atoms with E-state index in [2.05, 4.69) is 44.3 Å². The Balaban J connectivity index is 1.54. The molecule has 1 aromatic carbocycles. The molecule has 0 aliphatic carbocycles. The second-order valence-corrected chi connectivity index (χ2v) is 4.93. The molecule has 2 aromatic rings. The largest absolute Gasteiger partial charge is 0.407 e. The summed E-state index contributed by atoms with van der Waals surface area (Å²) in [6.45, 7) is 5.08. The van der Waals surface area contributed by atoms with E-state index >= 15 is 0 Å². The van der Waals surface area contributed by atoms with Crippen molar-refractivity contribution in [2.24, 2.45) is 5.73 Å². The van der Waals surface area contributed by atoms with Crippen LogP contribution in [0.5, 0.6) is 0 Å². The van der Waals surface area contributed by atoms with Crippen molar-refractivity contribution in [3.8, 4) is 0 Å². The van der Waals surface area contributed by atoms with Gasteiger partial charge < -0.3 is 15.1 Å². The molecule has 0 amide bonds. The van der Waals surface area contributed by atoms with Gasteiger partial charge in [0.1, 0.15) is 0 Å². The third-order valence-electron chi connectivity index (χ3n) is 3.52. The average molecular weight is 273 g/mol. The Hall–Kier alpha value is -1.92. The molecule has 0 unspecified atom stereocenters. The third kappa shape index (κ3) is 2.97. The summed E-state index contributed by atoms with van der Waals surface area (Å²) in [4.78, 5) is 4.56. The summed E-state index contributed by atoms with van der Waals surface area (Å²) in [5, 5.41) is 7.93. The number of rotatable bonds is 4. The van der Waals surface area contributed by atoms with Gasteiger partial charge in [0.15, 0.2) is 0 Å². The number of piperazine rings is 1. The van der Waals surface area contributed by atoms with Crippen LogP contribution >= 0.6 is 0 Å². The lowest BCUT2D eigenvalue weighted by Crippen LogP contribution is -2.46. The Kier molecular flexibility index (Phi) is 3.94. The molecular weight excluding hydrogens is 254 g/mol. The second kappa shape index (κ2) is 6.02. The molecule has 2 N–H and O–H groups in total. The van der Waals surface area contributed by atoms with Crippen LogP contribution in [-0.4, -0.2) is 41.3 Å². The Morgan fingerprint density at radius 1 is 1.05 bits per heavy atom. The van der Waals surface area contributed by atoms with Gasteiger partial charge in [0.2, 0.25) is 5.89 Å². The predicted octanol–water partition coefficient (Wildman–Crippen LogP) is 0.850. The lowest BCUT2D eigenvalue weighted by atomic mass is 10.2. The van der Waals surface area contributed by atoms with Crippen LogP contribution < -0.4 is 10.6 Å². The number of aromatic nitrogens is 2. The van der Waals surface area contributed by atoms with Crippen LogP contribution in [-0.2, 0) is 13.1 Å². The van der Waals surface area contributed by atoms with Gasteiger partial charge >= 0.3 is 6.01 Å². The van der Waals surface area contributed by atoms with E-state index in [9.17, 15) is 0 Å². The van der Waals surface area contributed by atoms with E-state index < -0.39 is 0 Å². The molecule has 3 rings (SSSR count). The molecule has 0 atom stereocenters. The minimum Gasteiger partial charge on any atom is -0.407 e. The zero-order valence-electron chi connectivity index (χ0n) is 11.4. The normalized spacial score (nSPS) is 16.6. The molecule has 2 heterocycles. The van der Waals surface area contributed by atoms with Crippen molar-refractivity contribution in [1.82, 2.24) is 15.1 Å². The maximum atomic E-state index is 5.49.